The fraction of sp³-hybridized carbons (Fsp3) is 0.429. The first-order valence-corrected chi connectivity index (χ1v) is 6.99. The van der Waals surface area contributed by atoms with Crippen LogP contribution in [-0.4, -0.2) is 33.1 Å². The van der Waals surface area contributed by atoms with Gasteiger partial charge < -0.3 is 10.6 Å². The number of H-pyrrole nitrogens is 1. The molecule has 0 aromatic carbocycles. The van der Waals surface area contributed by atoms with Crippen LogP contribution in [0, 0.1) is 0 Å². The summed E-state index contributed by atoms with van der Waals surface area (Å²) in [7, 11) is 1.79. The van der Waals surface area contributed by atoms with E-state index >= 15 is 0 Å². The maximum atomic E-state index is 12.3. The molecule has 2 rings (SSSR count). The number of rotatable bonds is 6. The van der Waals surface area contributed by atoms with Crippen molar-refractivity contribution in [1.29, 1.82) is 0 Å². The number of carbonyl (C=O) groups excluding carboxylic acids is 1. The molecule has 0 saturated heterocycles. The van der Waals surface area contributed by atoms with Crippen molar-refractivity contribution >= 4 is 11.7 Å². The molecule has 2 aromatic heterocycles. The van der Waals surface area contributed by atoms with Gasteiger partial charge in [-0.15, -0.1) is 0 Å². The Morgan fingerprint density at radius 3 is 2.86 bits per heavy atom. The molecule has 3 N–H and O–H groups in total. The molecule has 0 aliphatic heterocycles. The van der Waals surface area contributed by atoms with Crippen molar-refractivity contribution in [1.82, 2.24) is 25.5 Å². The molecule has 0 aliphatic rings. The molecule has 7 heteroatoms. The number of aromatic nitrogens is 4. The number of amides is 1. The van der Waals surface area contributed by atoms with Crippen LogP contribution in [0.5, 0.6) is 0 Å². The molecule has 7 nitrogen and oxygen atoms in total. The minimum Gasteiger partial charge on any atom is -0.373 e. The molecule has 0 aliphatic carbocycles. The molecular weight excluding hydrogens is 268 g/mol. The van der Waals surface area contributed by atoms with Gasteiger partial charge in [-0.05, 0) is 25.5 Å². The van der Waals surface area contributed by atoms with Crippen LogP contribution in [0.2, 0.25) is 0 Å². The Bertz CT molecular complexity index is 596. The molecule has 21 heavy (non-hydrogen) atoms. The van der Waals surface area contributed by atoms with Crippen LogP contribution in [0.4, 0.5) is 5.82 Å². The maximum absolute atomic E-state index is 12.3. The van der Waals surface area contributed by atoms with E-state index < -0.39 is 0 Å². The first kappa shape index (κ1) is 15.0. The first-order valence-electron chi connectivity index (χ1n) is 6.99. The van der Waals surface area contributed by atoms with Crippen LogP contribution in [0.15, 0.2) is 18.5 Å². The summed E-state index contributed by atoms with van der Waals surface area (Å²) in [6, 6.07) is 3.33. The molecule has 0 radical (unpaired) electrons. The lowest BCUT2D eigenvalue weighted by atomic mass is 10.1. The molecular formula is C14H20N6O. The molecule has 1 unspecified atom stereocenters. The summed E-state index contributed by atoms with van der Waals surface area (Å²) in [5.41, 5.74) is 1.49. The second-order valence-electron chi connectivity index (χ2n) is 4.80. The van der Waals surface area contributed by atoms with Gasteiger partial charge in [0.15, 0.2) is 0 Å². The van der Waals surface area contributed by atoms with Crippen LogP contribution in [0.1, 0.15) is 48.2 Å². The highest BCUT2D eigenvalue weighted by molar-refractivity contribution is 5.95. The number of hydrogen-bond donors (Lipinski definition) is 3. The topological polar surface area (TPSA) is 95.6 Å². The number of anilines is 1. The van der Waals surface area contributed by atoms with Crippen molar-refractivity contribution in [2.24, 2.45) is 0 Å². The fourth-order valence-corrected chi connectivity index (χ4v) is 2.00. The van der Waals surface area contributed by atoms with E-state index in [1.165, 1.54) is 6.33 Å². The number of hydrogen-bond acceptors (Lipinski definition) is 5. The lowest BCUT2D eigenvalue weighted by Gasteiger charge is -2.12. The molecule has 1 amide bonds. The average Bonchev–Trinajstić information content (AvgIpc) is 3.01. The van der Waals surface area contributed by atoms with Gasteiger partial charge in [-0.1, -0.05) is 13.3 Å². The zero-order chi connectivity index (χ0) is 15.2. The summed E-state index contributed by atoms with van der Waals surface area (Å²) in [5, 5.41) is 12.4. The van der Waals surface area contributed by atoms with Crippen LogP contribution in [0.3, 0.4) is 0 Å². The minimum absolute atomic E-state index is 0.157. The highest BCUT2D eigenvalue weighted by atomic mass is 16.1. The van der Waals surface area contributed by atoms with Crippen molar-refractivity contribution < 1.29 is 4.79 Å². The van der Waals surface area contributed by atoms with Gasteiger partial charge in [0.25, 0.3) is 5.91 Å². The van der Waals surface area contributed by atoms with Crippen molar-refractivity contribution in [3.05, 3.63) is 35.5 Å². The van der Waals surface area contributed by atoms with E-state index in [2.05, 4.69) is 37.7 Å². The van der Waals surface area contributed by atoms with E-state index in [9.17, 15) is 4.79 Å². The van der Waals surface area contributed by atoms with Crippen molar-refractivity contribution in [3.8, 4) is 0 Å². The van der Waals surface area contributed by atoms with Gasteiger partial charge in [-0.2, -0.15) is 5.10 Å². The number of nitrogens with one attached hydrogen (secondary N) is 3. The summed E-state index contributed by atoms with van der Waals surface area (Å²) in [6.45, 7) is 3.94. The van der Waals surface area contributed by atoms with Gasteiger partial charge in [0.1, 0.15) is 18.0 Å². The van der Waals surface area contributed by atoms with Crippen LogP contribution >= 0.6 is 0 Å². The molecule has 0 fully saturated rings. The number of aryl methyl sites for hydroxylation is 1. The molecule has 2 heterocycles. The molecule has 0 spiro atoms. The van der Waals surface area contributed by atoms with E-state index in [1.54, 1.807) is 13.1 Å². The van der Waals surface area contributed by atoms with Gasteiger partial charge in [0.05, 0.1) is 6.04 Å². The Morgan fingerprint density at radius 2 is 2.24 bits per heavy atom. The third-order valence-electron chi connectivity index (χ3n) is 3.09. The van der Waals surface area contributed by atoms with E-state index in [-0.39, 0.29) is 11.9 Å². The molecule has 112 valence electrons. The van der Waals surface area contributed by atoms with E-state index in [4.69, 9.17) is 0 Å². The summed E-state index contributed by atoms with van der Waals surface area (Å²) >= 11 is 0. The Labute approximate surface area is 123 Å². The standard InChI is InChI=1S/C14H20N6O/c1-4-5-11-6-10(7-12(15-3)19-11)14(21)18-9(2)13-16-8-17-20-13/h6-9H,4-5H2,1-3H3,(H,15,19)(H,18,21)(H,16,17,20). The van der Waals surface area contributed by atoms with Gasteiger partial charge in [-0.25, -0.2) is 9.97 Å². The van der Waals surface area contributed by atoms with Gasteiger partial charge in [0.2, 0.25) is 0 Å². The number of pyridine rings is 1. The SMILES string of the molecule is CCCc1cc(C(=O)NC(C)c2ncn[nH]2)cc(NC)n1. The van der Waals surface area contributed by atoms with Crippen LogP contribution in [-0.2, 0) is 6.42 Å². The maximum Gasteiger partial charge on any atom is 0.252 e. The second-order valence-corrected chi connectivity index (χ2v) is 4.80. The normalized spacial score (nSPS) is 12.0. The smallest absolute Gasteiger partial charge is 0.252 e. The largest absolute Gasteiger partial charge is 0.373 e. The predicted octanol–water partition coefficient (Wildman–Crippen LogP) is 1.68. The van der Waals surface area contributed by atoms with E-state index in [1.807, 2.05) is 13.0 Å². The predicted molar refractivity (Wildman–Crippen MR) is 80.0 cm³/mol. The van der Waals surface area contributed by atoms with E-state index in [0.29, 0.717) is 17.2 Å². The molecule has 2 aromatic rings. The minimum atomic E-state index is -0.235. The highest BCUT2D eigenvalue weighted by Gasteiger charge is 2.15. The lowest BCUT2D eigenvalue weighted by Crippen LogP contribution is -2.27. The van der Waals surface area contributed by atoms with Gasteiger partial charge >= 0.3 is 0 Å². The van der Waals surface area contributed by atoms with Crippen molar-refractivity contribution in [2.75, 3.05) is 12.4 Å². The molecule has 0 saturated carbocycles. The number of aromatic amines is 1. The van der Waals surface area contributed by atoms with E-state index in [0.717, 1.165) is 18.5 Å². The Hall–Kier alpha value is -2.44. The zero-order valence-electron chi connectivity index (χ0n) is 12.5. The monoisotopic (exact) mass is 288 g/mol. The quantitative estimate of drug-likeness (QED) is 0.751. The Kier molecular flexibility index (Phi) is 4.86. The lowest BCUT2D eigenvalue weighted by molar-refractivity contribution is 0.0938. The fourth-order valence-electron chi connectivity index (χ4n) is 2.00. The Morgan fingerprint density at radius 1 is 1.43 bits per heavy atom. The van der Waals surface area contributed by atoms with Crippen molar-refractivity contribution in [3.63, 3.8) is 0 Å². The van der Waals surface area contributed by atoms with Gasteiger partial charge in [0, 0.05) is 18.3 Å². The van der Waals surface area contributed by atoms with Crippen LogP contribution in [0.25, 0.3) is 0 Å². The van der Waals surface area contributed by atoms with Crippen molar-refractivity contribution in [2.45, 2.75) is 32.7 Å². The summed E-state index contributed by atoms with van der Waals surface area (Å²) in [6.07, 6.45) is 3.24. The zero-order valence-corrected chi connectivity index (χ0v) is 12.5. The number of nitrogens with zero attached hydrogens (tertiary/aromatic N) is 3. The second kappa shape index (κ2) is 6.83. The highest BCUT2D eigenvalue weighted by Crippen LogP contribution is 2.13. The van der Waals surface area contributed by atoms with Gasteiger partial charge in [-0.3, -0.25) is 9.89 Å². The summed E-state index contributed by atoms with van der Waals surface area (Å²) in [5.74, 6) is 1.16. The average molecular weight is 288 g/mol. The summed E-state index contributed by atoms with van der Waals surface area (Å²) < 4.78 is 0. The molecule has 0 bridgehead atoms. The third kappa shape index (κ3) is 3.77. The number of carbonyl (C=O) groups is 1. The molecule has 1 atom stereocenters. The first-order chi connectivity index (χ1) is 10.1. The third-order valence-corrected chi connectivity index (χ3v) is 3.09. The summed E-state index contributed by atoms with van der Waals surface area (Å²) in [4.78, 5) is 20.8. The Balaban J connectivity index is 2.16. The van der Waals surface area contributed by atoms with Crippen LogP contribution < -0.4 is 10.6 Å².